The van der Waals surface area contributed by atoms with Crippen molar-refractivity contribution in [3.8, 4) is 0 Å². The summed E-state index contributed by atoms with van der Waals surface area (Å²) in [6.07, 6.45) is 8.10. The van der Waals surface area contributed by atoms with Crippen LogP contribution in [0.5, 0.6) is 0 Å². The smallest absolute Gasteiger partial charge is 0.251 e. The molecule has 124 valence electrons. The Labute approximate surface area is 138 Å². The molecule has 0 saturated heterocycles. The molecule has 24 heavy (non-hydrogen) atoms. The predicted octanol–water partition coefficient (Wildman–Crippen LogP) is 0.705. The van der Waals surface area contributed by atoms with Crippen molar-refractivity contribution in [3.63, 3.8) is 0 Å². The lowest BCUT2D eigenvalue weighted by atomic mass is 9.75. The summed E-state index contributed by atoms with van der Waals surface area (Å²) in [4.78, 5) is 12.7. The minimum absolute atomic E-state index is 0.163. The molecule has 1 saturated carbocycles. The highest BCUT2D eigenvalue weighted by atomic mass is 16.3. The molecule has 0 radical (unpaired) electrons. The van der Waals surface area contributed by atoms with Gasteiger partial charge < -0.3 is 10.4 Å². The van der Waals surface area contributed by atoms with Gasteiger partial charge in [0.15, 0.2) is 5.65 Å². The van der Waals surface area contributed by atoms with Crippen LogP contribution >= 0.6 is 0 Å². The molecule has 0 spiro atoms. The summed E-state index contributed by atoms with van der Waals surface area (Å²) in [5, 5.41) is 24.7. The average molecular weight is 326 g/mol. The number of aliphatic hydroxyl groups is 1. The standard InChI is InChI=1S/C16H18N6O2/c1-21-8-12(7-18-21)15(11-4-13(23)5-11)19-16(24)10-2-3-22-9-17-20-14(22)6-10/h2-3,6-9,11,13,15,23H,4-5H2,1H3,(H,19,24)/t11?,13?,15-/m1/s1. The van der Waals surface area contributed by atoms with Crippen molar-refractivity contribution >= 4 is 11.6 Å². The zero-order valence-electron chi connectivity index (χ0n) is 13.2. The molecule has 0 bridgehead atoms. The van der Waals surface area contributed by atoms with Crippen molar-refractivity contribution in [2.45, 2.75) is 25.0 Å². The third-order valence-electron chi connectivity index (χ3n) is 4.55. The lowest BCUT2D eigenvalue weighted by Gasteiger charge is -2.37. The highest BCUT2D eigenvalue weighted by Crippen LogP contribution is 2.38. The van der Waals surface area contributed by atoms with E-state index in [1.807, 2.05) is 13.2 Å². The molecular weight excluding hydrogens is 308 g/mol. The van der Waals surface area contributed by atoms with Crippen molar-refractivity contribution in [3.05, 3.63) is 48.2 Å². The lowest BCUT2D eigenvalue weighted by Crippen LogP contribution is -2.41. The maximum Gasteiger partial charge on any atom is 0.251 e. The summed E-state index contributed by atoms with van der Waals surface area (Å²) in [7, 11) is 1.84. The third-order valence-corrected chi connectivity index (χ3v) is 4.55. The highest BCUT2D eigenvalue weighted by molar-refractivity contribution is 5.95. The first-order chi connectivity index (χ1) is 11.6. The number of aromatic nitrogens is 5. The Balaban J connectivity index is 1.58. The van der Waals surface area contributed by atoms with E-state index >= 15 is 0 Å². The fourth-order valence-corrected chi connectivity index (χ4v) is 3.16. The number of nitrogens with zero attached hydrogens (tertiary/aromatic N) is 5. The van der Waals surface area contributed by atoms with Gasteiger partial charge in [0.25, 0.3) is 5.91 Å². The number of fused-ring (bicyclic) bond motifs is 1. The largest absolute Gasteiger partial charge is 0.393 e. The Bertz CT molecular complexity index is 879. The van der Waals surface area contributed by atoms with Gasteiger partial charge in [0, 0.05) is 30.6 Å². The molecule has 8 nitrogen and oxygen atoms in total. The molecule has 3 heterocycles. The van der Waals surface area contributed by atoms with E-state index in [0.717, 1.165) is 5.56 Å². The van der Waals surface area contributed by atoms with Crippen molar-refractivity contribution in [1.29, 1.82) is 0 Å². The number of rotatable bonds is 4. The van der Waals surface area contributed by atoms with Gasteiger partial charge in [0.2, 0.25) is 0 Å². The van der Waals surface area contributed by atoms with Crippen LogP contribution < -0.4 is 5.32 Å². The van der Waals surface area contributed by atoms with Crippen LogP contribution in [0.2, 0.25) is 0 Å². The summed E-state index contributed by atoms with van der Waals surface area (Å²) in [5.74, 6) is 0.0423. The molecule has 1 amide bonds. The van der Waals surface area contributed by atoms with Gasteiger partial charge in [-0.25, -0.2) is 0 Å². The van der Waals surface area contributed by atoms with Crippen LogP contribution in [0.4, 0.5) is 0 Å². The summed E-state index contributed by atoms with van der Waals surface area (Å²) < 4.78 is 3.46. The fourth-order valence-electron chi connectivity index (χ4n) is 3.16. The molecule has 0 aliphatic heterocycles. The molecule has 8 heteroatoms. The van der Waals surface area contributed by atoms with Crippen LogP contribution in [0.25, 0.3) is 5.65 Å². The number of aryl methyl sites for hydroxylation is 1. The van der Waals surface area contributed by atoms with Gasteiger partial charge in [-0.2, -0.15) is 5.10 Å². The summed E-state index contributed by atoms with van der Waals surface area (Å²) in [6.45, 7) is 0. The Morgan fingerprint density at radius 2 is 2.29 bits per heavy atom. The van der Waals surface area contributed by atoms with Gasteiger partial charge in [0.1, 0.15) is 6.33 Å². The van der Waals surface area contributed by atoms with Crippen LogP contribution in [-0.4, -0.2) is 41.5 Å². The summed E-state index contributed by atoms with van der Waals surface area (Å²) in [6, 6.07) is 3.28. The van der Waals surface area contributed by atoms with E-state index in [2.05, 4.69) is 20.6 Å². The van der Waals surface area contributed by atoms with E-state index in [9.17, 15) is 9.90 Å². The maximum atomic E-state index is 12.7. The van der Waals surface area contributed by atoms with Crippen LogP contribution in [-0.2, 0) is 7.05 Å². The number of carbonyl (C=O) groups is 1. The number of nitrogens with one attached hydrogen (secondary N) is 1. The van der Waals surface area contributed by atoms with E-state index in [0.29, 0.717) is 24.1 Å². The van der Waals surface area contributed by atoms with E-state index < -0.39 is 0 Å². The molecule has 1 aliphatic carbocycles. The van der Waals surface area contributed by atoms with E-state index in [-0.39, 0.29) is 24.0 Å². The van der Waals surface area contributed by atoms with E-state index in [1.165, 1.54) is 0 Å². The quantitative estimate of drug-likeness (QED) is 0.736. The topological polar surface area (TPSA) is 97.3 Å². The van der Waals surface area contributed by atoms with E-state index in [1.54, 1.807) is 39.9 Å². The lowest BCUT2D eigenvalue weighted by molar-refractivity contribution is 0.0235. The molecule has 0 aromatic carbocycles. The maximum absolute atomic E-state index is 12.7. The van der Waals surface area contributed by atoms with Crippen molar-refractivity contribution in [2.24, 2.45) is 13.0 Å². The minimum atomic E-state index is -0.279. The molecule has 3 aromatic rings. The van der Waals surface area contributed by atoms with Crippen LogP contribution in [0.15, 0.2) is 37.1 Å². The van der Waals surface area contributed by atoms with Gasteiger partial charge in [-0.15, -0.1) is 10.2 Å². The SMILES string of the molecule is Cn1cc([C@H](NC(=O)c2ccn3cnnc3c2)C2CC(O)C2)cn1. The van der Waals surface area contributed by atoms with Crippen LogP contribution in [0.3, 0.4) is 0 Å². The van der Waals surface area contributed by atoms with Crippen LogP contribution in [0.1, 0.15) is 34.8 Å². The van der Waals surface area contributed by atoms with Crippen molar-refractivity contribution in [1.82, 2.24) is 29.7 Å². The second-order valence-electron chi connectivity index (χ2n) is 6.30. The summed E-state index contributed by atoms with van der Waals surface area (Å²) in [5.41, 5.74) is 2.11. The Kier molecular flexibility index (Phi) is 3.53. The normalized spacial score (nSPS) is 21.4. The minimum Gasteiger partial charge on any atom is -0.393 e. The average Bonchev–Trinajstić information content (AvgIpc) is 3.17. The number of hydrogen-bond acceptors (Lipinski definition) is 5. The van der Waals surface area contributed by atoms with Crippen molar-refractivity contribution in [2.75, 3.05) is 0 Å². The first-order valence-electron chi connectivity index (χ1n) is 7.87. The molecular formula is C16H18N6O2. The highest BCUT2D eigenvalue weighted by Gasteiger charge is 2.36. The van der Waals surface area contributed by atoms with Crippen LogP contribution in [0, 0.1) is 5.92 Å². The van der Waals surface area contributed by atoms with Gasteiger partial charge in [-0.05, 0) is 30.9 Å². The molecule has 1 fully saturated rings. The molecule has 2 N–H and O–H groups in total. The first kappa shape index (κ1) is 14.8. The molecule has 4 rings (SSSR count). The second-order valence-corrected chi connectivity index (χ2v) is 6.30. The Hall–Kier alpha value is -2.74. The van der Waals surface area contributed by atoms with Gasteiger partial charge >= 0.3 is 0 Å². The first-order valence-corrected chi connectivity index (χ1v) is 7.87. The van der Waals surface area contributed by atoms with Gasteiger partial charge in [0.05, 0.1) is 18.3 Å². The number of hydrogen-bond donors (Lipinski definition) is 2. The number of amides is 1. The Morgan fingerprint density at radius 1 is 1.46 bits per heavy atom. The monoisotopic (exact) mass is 326 g/mol. The van der Waals surface area contributed by atoms with Gasteiger partial charge in [-0.1, -0.05) is 0 Å². The van der Waals surface area contributed by atoms with E-state index in [4.69, 9.17) is 0 Å². The number of pyridine rings is 1. The van der Waals surface area contributed by atoms with Crippen molar-refractivity contribution < 1.29 is 9.90 Å². The number of aliphatic hydroxyl groups excluding tert-OH is 1. The zero-order valence-corrected chi connectivity index (χ0v) is 13.2. The summed E-state index contributed by atoms with van der Waals surface area (Å²) >= 11 is 0. The second kappa shape index (κ2) is 5.72. The predicted molar refractivity (Wildman–Crippen MR) is 85.1 cm³/mol. The Morgan fingerprint density at radius 3 is 3.00 bits per heavy atom. The third kappa shape index (κ3) is 2.65. The number of carbonyl (C=O) groups excluding carboxylic acids is 1. The molecule has 3 aromatic heterocycles. The zero-order chi connectivity index (χ0) is 16.7. The molecule has 1 atom stereocenters. The molecule has 1 aliphatic rings. The fraction of sp³-hybridized carbons (Fsp3) is 0.375. The van der Waals surface area contributed by atoms with Gasteiger partial charge in [-0.3, -0.25) is 13.9 Å². The molecule has 0 unspecified atom stereocenters.